The molecule has 14 heavy (non-hydrogen) atoms. The Kier molecular flexibility index (Phi) is 3.86. The smallest absolute Gasteiger partial charge is 0.126 e. The van der Waals surface area contributed by atoms with Gasteiger partial charge in [-0.1, -0.05) is 55.1 Å². The maximum absolute atomic E-state index is 13.4. The van der Waals surface area contributed by atoms with E-state index in [1.165, 1.54) is 6.08 Å². The maximum atomic E-state index is 13.4. The van der Waals surface area contributed by atoms with E-state index in [-0.39, 0.29) is 5.83 Å². The Balaban J connectivity index is 3.14. The first-order valence-corrected chi connectivity index (χ1v) is 4.50. The van der Waals surface area contributed by atoms with Gasteiger partial charge < -0.3 is 0 Å². The molecule has 1 heteroatoms. The first kappa shape index (κ1) is 10.5. The van der Waals surface area contributed by atoms with Crippen LogP contribution in [0.3, 0.4) is 0 Å². The molecule has 1 rings (SSSR count). The number of rotatable bonds is 3. The molecule has 0 nitrogen and oxygen atoms in total. The Bertz CT molecular complexity index is 358. The normalized spacial score (nSPS) is 12.7. The molecule has 1 aromatic rings. The number of hydrogen-bond donors (Lipinski definition) is 0. The first-order valence-electron chi connectivity index (χ1n) is 4.50. The van der Waals surface area contributed by atoms with Crippen LogP contribution in [0.1, 0.15) is 12.5 Å². The van der Waals surface area contributed by atoms with E-state index in [4.69, 9.17) is 0 Å². The van der Waals surface area contributed by atoms with Gasteiger partial charge in [0.15, 0.2) is 0 Å². The molecule has 0 amide bonds. The van der Waals surface area contributed by atoms with Gasteiger partial charge >= 0.3 is 0 Å². The quantitative estimate of drug-likeness (QED) is 0.625. The van der Waals surface area contributed by atoms with Gasteiger partial charge in [-0.15, -0.1) is 0 Å². The molecule has 0 fully saturated rings. The molecule has 0 aliphatic heterocycles. The van der Waals surface area contributed by atoms with Crippen LogP contribution in [0.5, 0.6) is 0 Å². The Labute approximate surface area is 84.1 Å². The van der Waals surface area contributed by atoms with E-state index in [1.54, 1.807) is 19.1 Å². The Morgan fingerprint density at radius 1 is 1.29 bits per heavy atom. The van der Waals surface area contributed by atoms with Gasteiger partial charge in [-0.3, -0.25) is 0 Å². The summed E-state index contributed by atoms with van der Waals surface area (Å²) in [5.74, 6) is -0.226. The maximum Gasteiger partial charge on any atom is 0.126 e. The van der Waals surface area contributed by atoms with Crippen LogP contribution in [-0.2, 0) is 0 Å². The van der Waals surface area contributed by atoms with Crippen molar-refractivity contribution >= 4 is 5.57 Å². The minimum absolute atomic E-state index is 0.226. The first-order chi connectivity index (χ1) is 6.79. The molecule has 0 unspecified atom stereocenters. The lowest BCUT2D eigenvalue weighted by Gasteiger charge is -2.03. The van der Waals surface area contributed by atoms with Crippen molar-refractivity contribution < 1.29 is 4.39 Å². The predicted octanol–water partition coefficient (Wildman–Crippen LogP) is 4.13. The van der Waals surface area contributed by atoms with Gasteiger partial charge in [0.2, 0.25) is 0 Å². The summed E-state index contributed by atoms with van der Waals surface area (Å²) in [6.45, 7) is 5.25. The second kappa shape index (κ2) is 5.18. The van der Waals surface area contributed by atoms with Crippen LogP contribution in [0.15, 0.2) is 61.0 Å². The fourth-order valence-corrected chi connectivity index (χ4v) is 1.20. The van der Waals surface area contributed by atoms with Crippen LogP contribution < -0.4 is 0 Å². The van der Waals surface area contributed by atoms with Crippen LogP contribution in [0.4, 0.5) is 4.39 Å². The van der Waals surface area contributed by atoms with Crippen molar-refractivity contribution in [3.63, 3.8) is 0 Å². The summed E-state index contributed by atoms with van der Waals surface area (Å²) in [5, 5.41) is 0. The van der Waals surface area contributed by atoms with E-state index in [9.17, 15) is 4.39 Å². The van der Waals surface area contributed by atoms with Gasteiger partial charge in [0, 0.05) is 5.57 Å². The SMILES string of the molecule is C=C/C=C(\C(F)=C/C)c1ccccc1. The standard InChI is InChI=1S/C13H13F/c1-3-8-12(13(14)4-2)11-9-6-5-7-10-11/h3-10H,1H2,2H3/b12-8-,13-4+. The van der Waals surface area contributed by atoms with Crippen LogP contribution in [0.25, 0.3) is 5.57 Å². The monoisotopic (exact) mass is 188 g/mol. The second-order valence-electron chi connectivity index (χ2n) is 2.82. The molecule has 0 saturated carbocycles. The zero-order valence-corrected chi connectivity index (χ0v) is 8.20. The van der Waals surface area contributed by atoms with E-state index >= 15 is 0 Å². The van der Waals surface area contributed by atoms with Crippen molar-refractivity contribution in [3.8, 4) is 0 Å². The lowest BCUT2D eigenvalue weighted by atomic mass is 10.0. The number of hydrogen-bond acceptors (Lipinski definition) is 0. The third kappa shape index (κ3) is 2.43. The summed E-state index contributed by atoms with van der Waals surface area (Å²) in [4.78, 5) is 0. The fourth-order valence-electron chi connectivity index (χ4n) is 1.20. The van der Waals surface area contributed by atoms with Crippen molar-refractivity contribution in [3.05, 3.63) is 66.5 Å². The molecular formula is C13H13F. The van der Waals surface area contributed by atoms with E-state index < -0.39 is 0 Å². The van der Waals surface area contributed by atoms with Gasteiger partial charge in [-0.25, -0.2) is 4.39 Å². The molecule has 0 aliphatic carbocycles. The highest BCUT2D eigenvalue weighted by Gasteiger charge is 2.04. The molecule has 0 bridgehead atoms. The second-order valence-corrected chi connectivity index (χ2v) is 2.82. The van der Waals surface area contributed by atoms with Crippen LogP contribution in [0.2, 0.25) is 0 Å². The zero-order chi connectivity index (χ0) is 10.4. The fraction of sp³-hybridized carbons (Fsp3) is 0.0769. The highest BCUT2D eigenvalue weighted by atomic mass is 19.1. The Morgan fingerprint density at radius 3 is 2.43 bits per heavy atom. The molecular weight excluding hydrogens is 175 g/mol. The van der Waals surface area contributed by atoms with Crippen molar-refractivity contribution in [2.45, 2.75) is 6.92 Å². The topological polar surface area (TPSA) is 0 Å². The van der Waals surface area contributed by atoms with Gasteiger partial charge in [0.25, 0.3) is 0 Å². The summed E-state index contributed by atoms with van der Waals surface area (Å²) in [7, 11) is 0. The highest BCUT2D eigenvalue weighted by Crippen LogP contribution is 2.23. The molecule has 0 spiro atoms. The van der Waals surface area contributed by atoms with E-state index in [0.717, 1.165) is 5.56 Å². The van der Waals surface area contributed by atoms with Gasteiger partial charge in [0.05, 0.1) is 0 Å². The van der Waals surface area contributed by atoms with E-state index in [1.807, 2.05) is 30.3 Å². The van der Waals surface area contributed by atoms with Crippen molar-refractivity contribution in [2.75, 3.05) is 0 Å². The lowest BCUT2D eigenvalue weighted by Crippen LogP contribution is -1.84. The van der Waals surface area contributed by atoms with Crippen LogP contribution >= 0.6 is 0 Å². The van der Waals surface area contributed by atoms with Crippen LogP contribution in [0, 0.1) is 0 Å². The summed E-state index contributed by atoms with van der Waals surface area (Å²) >= 11 is 0. The largest absolute Gasteiger partial charge is 0.207 e. The number of halogens is 1. The average Bonchev–Trinajstić information content (AvgIpc) is 2.26. The number of benzene rings is 1. The third-order valence-corrected chi connectivity index (χ3v) is 1.88. The molecule has 72 valence electrons. The molecule has 0 radical (unpaired) electrons. The molecule has 0 heterocycles. The molecule has 0 aromatic heterocycles. The lowest BCUT2D eigenvalue weighted by molar-refractivity contribution is 0.672. The summed E-state index contributed by atoms with van der Waals surface area (Å²) in [6.07, 6.45) is 4.71. The minimum Gasteiger partial charge on any atom is -0.207 e. The summed E-state index contributed by atoms with van der Waals surface area (Å²) < 4.78 is 13.4. The Hall–Kier alpha value is -1.63. The molecule has 0 N–H and O–H groups in total. The highest BCUT2D eigenvalue weighted by molar-refractivity contribution is 5.77. The molecule has 1 aromatic carbocycles. The molecule has 0 atom stereocenters. The average molecular weight is 188 g/mol. The van der Waals surface area contributed by atoms with Crippen molar-refractivity contribution in [1.29, 1.82) is 0 Å². The molecule has 0 aliphatic rings. The minimum atomic E-state index is -0.226. The molecule has 0 saturated heterocycles. The predicted molar refractivity (Wildman–Crippen MR) is 59.5 cm³/mol. The summed E-state index contributed by atoms with van der Waals surface area (Å²) in [6, 6.07) is 9.42. The van der Waals surface area contributed by atoms with E-state index in [2.05, 4.69) is 6.58 Å². The van der Waals surface area contributed by atoms with E-state index in [0.29, 0.717) is 5.57 Å². The number of allylic oxidation sites excluding steroid dienone is 5. The van der Waals surface area contributed by atoms with Crippen molar-refractivity contribution in [2.24, 2.45) is 0 Å². The third-order valence-electron chi connectivity index (χ3n) is 1.88. The van der Waals surface area contributed by atoms with Gasteiger partial charge in [-0.2, -0.15) is 0 Å². The zero-order valence-electron chi connectivity index (χ0n) is 8.20. The van der Waals surface area contributed by atoms with Crippen molar-refractivity contribution in [1.82, 2.24) is 0 Å². The van der Waals surface area contributed by atoms with Gasteiger partial charge in [0.1, 0.15) is 5.83 Å². The summed E-state index contributed by atoms with van der Waals surface area (Å²) in [5.41, 5.74) is 1.44. The Morgan fingerprint density at radius 2 is 1.93 bits per heavy atom. The van der Waals surface area contributed by atoms with Gasteiger partial charge in [-0.05, 0) is 12.5 Å². The van der Waals surface area contributed by atoms with Crippen LogP contribution in [-0.4, -0.2) is 0 Å².